The highest BCUT2D eigenvalue weighted by atomic mass is 35.5. The zero-order valence-electron chi connectivity index (χ0n) is 18.6. The van der Waals surface area contributed by atoms with Gasteiger partial charge in [-0.1, -0.05) is 55.8 Å². The summed E-state index contributed by atoms with van der Waals surface area (Å²) in [6.07, 6.45) is 0. The predicted molar refractivity (Wildman–Crippen MR) is 125 cm³/mol. The number of carbonyl (C=O) groups is 1. The molecule has 9 heteroatoms. The van der Waals surface area contributed by atoms with Crippen molar-refractivity contribution in [2.24, 2.45) is 5.92 Å². The van der Waals surface area contributed by atoms with Crippen molar-refractivity contribution in [3.63, 3.8) is 0 Å². The lowest BCUT2D eigenvalue weighted by Crippen LogP contribution is -2.50. The second-order valence-corrected chi connectivity index (χ2v) is 10.5. The van der Waals surface area contributed by atoms with Crippen LogP contribution in [0.25, 0.3) is 0 Å². The van der Waals surface area contributed by atoms with Crippen LogP contribution in [0.2, 0.25) is 5.02 Å². The first-order valence-corrected chi connectivity index (χ1v) is 12.5. The topological polar surface area (TPSA) is 76.2 Å². The molecule has 2 aromatic rings. The molecule has 0 atom stereocenters. The number of sulfonamides is 1. The molecule has 1 aliphatic heterocycles. The molecule has 1 saturated heterocycles. The maximum absolute atomic E-state index is 13.0. The smallest absolute Gasteiger partial charge is 0.254 e. The van der Waals surface area contributed by atoms with Crippen LogP contribution in [0.5, 0.6) is 11.5 Å². The van der Waals surface area contributed by atoms with Gasteiger partial charge in [0.1, 0.15) is 0 Å². The molecule has 1 heterocycles. The van der Waals surface area contributed by atoms with Crippen molar-refractivity contribution in [1.82, 2.24) is 9.21 Å². The van der Waals surface area contributed by atoms with Gasteiger partial charge in [0.05, 0.1) is 24.5 Å². The Bertz CT molecular complexity index is 1040. The maximum atomic E-state index is 13.0. The number of amides is 1. The fourth-order valence-corrected chi connectivity index (χ4v) is 5.24. The van der Waals surface area contributed by atoms with E-state index in [0.717, 1.165) is 5.56 Å². The molecule has 2 aromatic carbocycles. The first-order chi connectivity index (χ1) is 15.2. The first-order valence-electron chi connectivity index (χ1n) is 10.5. The van der Waals surface area contributed by atoms with E-state index in [1.165, 1.54) is 11.4 Å². The van der Waals surface area contributed by atoms with E-state index < -0.39 is 10.0 Å². The largest absolute Gasteiger partial charge is 0.493 e. The maximum Gasteiger partial charge on any atom is 0.254 e. The number of carbonyl (C=O) groups excluding carboxylic acids is 1. The average molecular weight is 481 g/mol. The van der Waals surface area contributed by atoms with E-state index in [4.69, 9.17) is 21.1 Å². The number of benzene rings is 2. The van der Waals surface area contributed by atoms with Gasteiger partial charge in [0.25, 0.3) is 5.91 Å². The molecule has 7 nitrogen and oxygen atoms in total. The standard InChI is InChI=1S/C23H29ClN2O5S/c1-17(2)15-31-22-20(24)13-19(14-21(22)30-3)23(27)25-9-11-26(12-10-25)32(28,29)16-18-7-5-4-6-8-18/h4-8,13-14,17H,9-12,15-16H2,1-3H3. The van der Waals surface area contributed by atoms with E-state index >= 15 is 0 Å². The van der Waals surface area contributed by atoms with Crippen molar-refractivity contribution in [3.8, 4) is 11.5 Å². The van der Waals surface area contributed by atoms with Crippen molar-refractivity contribution in [1.29, 1.82) is 0 Å². The summed E-state index contributed by atoms with van der Waals surface area (Å²) in [6.45, 7) is 5.64. The molecule has 174 valence electrons. The third-order valence-electron chi connectivity index (χ3n) is 5.15. The highest BCUT2D eigenvalue weighted by Gasteiger charge is 2.30. The van der Waals surface area contributed by atoms with Crippen LogP contribution in [0.15, 0.2) is 42.5 Å². The summed E-state index contributed by atoms with van der Waals surface area (Å²) in [6, 6.07) is 12.3. The Hall–Kier alpha value is -2.29. The molecular weight excluding hydrogens is 452 g/mol. The molecule has 0 radical (unpaired) electrons. The Morgan fingerprint density at radius 3 is 2.34 bits per heavy atom. The van der Waals surface area contributed by atoms with Gasteiger partial charge in [0.15, 0.2) is 11.5 Å². The van der Waals surface area contributed by atoms with Crippen LogP contribution in [0.4, 0.5) is 0 Å². The minimum absolute atomic E-state index is 0.0492. The number of piperazine rings is 1. The molecule has 0 spiro atoms. The Labute approximate surface area is 194 Å². The van der Waals surface area contributed by atoms with Crippen molar-refractivity contribution in [2.75, 3.05) is 39.9 Å². The lowest BCUT2D eigenvalue weighted by molar-refractivity contribution is 0.0697. The second kappa shape index (κ2) is 10.6. The molecule has 1 amide bonds. The summed E-state index contributed by atoms with van der Waals surface area (Å²) in [5.74, 6) is 0.848. The summed E-state index contributed by atoms with van der Waals surface area (Å²) in [5, 5.41) is 0.303. The second-order valence-electron chi connectivity index (χ2n) is 8.13. The number of ether oxygens (including phenoxy) is 2. The van der Waals surface area contributed by atoms with Crippen LogP contribution in [0, 0.1) is 5.92 Å². The van der Waals surface area contributed by atoms with Crippen molar-refractivity contribution in [2.45, 2.75) is 19.6 Å². The summed E-state index contributed by atoms with van der Waals surface area (Å²) in [5.41, 5.74) is 1.12. The number of nitrogens with zero attached hydrogens (tertiary/aromatic N) is 2. The number of methoxy groups -OCH3 is 1. The minimum atomic E-state index is -3.45. The molecule has 32 heavy (non-hydrogen) atoms. The monoisotopic (exact) mass is 480 g/mol. The Balaban J connectivity index is 1.66. The average Bonchev–Trinajstić information content (AvgIpc) is 2.77. The van der Waals surface area contributed by atoms with E-state index in [1.807, 2.05) is 32.0 Å². The fraction of sp³-hybridized carbons (Fsp3) is 0.435. The number of rotatable bonds is 8. The number of hydrogen-bond donors (Lipinski definition) is 0. The van der Waals surface area contributed by atoms with Crippen molar-refractivity contribution < 1.29 is 22.7 Å². The quantitative estimate of drug-likeness (QED) is 0.576. The summed E-state index contributed by atoms with van der Waals surface area (Å²) in [4.78, 5) is 14.7. The first kappa shape index (κ1) is 24.4. The van der Waals surface area contributed by atoms with Gasteiger partial charge in [-0.25, -0.2) is 8.42 Å². The third kappa shape index (κ3) is 5.94. The molecule has 0 N–H and O–H groups in total. The Morgan fingerprint density at radius 2 is 1.75 bits per heavy atom. The molecule has 1 fully saturated rings. The van der Waals surface area contributed by atoms with E-state index in [9.17, 15) is 13.2 Å². The molecule has 0 aromatic heterocycles. The van der Waals surface area contributed by atoms with Crippen molar-refractivity contribution >= 4 is 27.5 Å². The van der Waals surface area contributed by atoms with E-state index in [0.29, 0.717) is 47.7 Å². The zero-order valence-corrected chi connectivity index (χ0v) is 20.2. The minimum Gasteiger partial charge on any atom is -0.493 e. The molecule has 0 saturated carbocycles. The lowest BCUT2D eigenvalue weighted by Gasteiger charge is -2.34. The number of hydrogen-bond acceptors (Lipinski definition) is 5. The summed E-state index contributed by atoms with van der Waals surface area (Å²) < 4.78 is 38.1. The Morgan fingerprint density at radius 1 is 1.09 bits per heavy atom. The molecular formula is C23H29ClN2O5S. The van der Waals surface area contributed by atoms with Gasteiger partial charge < -0.3 is 14.4 Å². The molecule has 0 bridgehead atoms. The fourth-order valence-electron chi connectivity index (χ4n) is 3.46. The van der Waals surface area contributed by atoms with Crippen LogP contribution in [0.3, 0.4) is 0 Å². The van der Waals surface area contributed by atoms with Gasteiger partial charge in [-0.15, -0.1) is 0 Å². The van der Waals surface area contributed by atoms with Crippen molar-refractivity contribution in [3.05, 3.63) is 58.6 Å². The van der Waals surface area contributed by atoms with Crippen LogP contribution >= 0.6 is 11.6 Å². The van der Waals surface area contributed by atoms with Gasteiger partial charge in [-0.2, -0.15) is 4.31 Å². The van der Waals surface area contributed by atoms with Crippen LogP contribution < -0.4 is 9.47 Å². The predicted octanol–water partition coefficient (Wildman–Crippen LogP) is 3.67. The number of halogens is 1. The molecule has 3 rings (SSSR count). The molecule has 1 aliphatic rings. The normalized spacial score (nSPS) is 15.1. The van der Waals surface area contributed by atoms with Gasteiger partial charge >= 0.3 is 0 Å². The van der Waals surface area contributed by atoms with E-state index in [2.05, 4.69) is 0 Å². The highest BCUT2D eigenvalue weighted by Crippen LogP contribution is 2.37. The van der Waals surface area contributed by atoms with Gasteiger partial charge in [0, 0.05) is 31.7 Å². The van der Waals surface area contributed by atoms with Crippen LogP contribution in [0.1, 0.15) is 29.8 Å². The van der Waals surface area contributed by atoms with E-state index in [1.54, 1.807) is 29.2 Å². The lowest BCUT2D eigenvalue weighted by atomic mass is 10.1. The zero-order chi connectivity index (χ0) is 23.3. The SMILES string of the molecule is COc1cc(C(=O)N2CCN(S(=O)(=O)Cc3ccccc3)CC2)cc(Cl)c1OCC(C)C. The highest BCUT2D eigenvalue weighted by molar-refractivity contribution is 7.88. The Kier molecular flexibility index (Phi) is 8.03. The van der Waals surface area contributed by atoms with Gasteiger partial charge in [-0.05, 0) is 23.6 Å². The van der Waals surface area contributed by atoms with Crippen LogP contribution in [-0.4, -0.2) is 63.4 Å². The van der Waals surface area contributed by atoms with E-state index in [-0.39, 0.29) is 24.7 Å². The van der Waals surface area contributed by atoms with Gasteiger partial charge in [-0.3, -0.25) is 4.79 Å². The van der Waals surface area contributed by atoms with Crippen LogP contribution in [-0.2, 0) is 15.8 Å². The summed E-state index contributed by atoms with van der Waals surface area (Å²) in [7, 11) is -1.95. The summed E-state index contributed by atoms with van der Waals surface area (Å²) >= 11 is 6.38. The van der Waals surface area contributed by atoms with Gasteiger partial charge in [0.2, 0.25) is 10.0 Å². The molecule has 0 unspecified atom stereocenters. The molecule has 0 aliphatic carbocycles. The third-order valence-corrected chi connectivity index (χ3v) is 7.28.